The van der Waals surface area contributed by atoms with Crippen molar-refractivity contribution in [1.29, 1.82) is 0 Å². The van der Waals surface area contributed by atoms with E-state index in [1.54, 1.807) is 97.1 Å². The van der Waals surface area contributed by atoms with Crippen LogP contribution in [-0.4, -0.2) is 22.9 Å². The van der Waals surface area contributed by atoms with Crippen molar-refractivity contribution in [2.75, 3.05) is 8.61 Å². The van der Waals surface area contributed by atoms with Crippen LogP contribution in [0.2, 0.25) is 0 Å². The molecule has 1 heterocycles. The van der Waals surface area contributed by atoms with Gasteiger partial charge in [0.2, 0.25) is 0 Å². The average Bonchev–Trinajstić information content (AvgIpc) is 2.90. The number of hydrogen-bond acceptors (Lipinski definition) is 4. The van der Waals surface area contributed by atoms with E-state index < -0.39 is 32.1 Å². The summed E-state index contributed by atoms with van der Waals surface area (Å²) in [5.41, 5.74) is 1.64. The summed E-state index contributed by atoms with van der Waals surface area (Å²) in [7, 11) is -7.82. The molecule has 36 heavy (non-hydrogen) atoms. The van der Waals surface area contributed by atoms with Crippen LogP contribution in [0.1, 0.15) is 24.9 Å². The Morgan fingerprint density at radius 2 is 1.17 bits per heavy atom. The summed E-state index contributed by atoms with van der Waals surface area (Å²) in [6, 6.07) is 31.7. The summed E-state index contributed by atoms with van der Waals surface area (Å²) in [6.45, 7) is 1.82. The highest BCUT2D eigenvalue weighted by atomic mass is 32.2. The number of fused-ring (bicyclic) bond motifs is 1. The molecule has 4 aromatic carbocycles. The maximum Gasteiger partial charge on any atom is 0.264 e. The normalized spacial score (nSPS) is 17.9. The highest BCUT2D eigenvalue weighted by molar-refractivity contribution is 7.93. The molecule has 0 aliphatic carbocycles. The Morgan fingerprint density at radius 3 is 1.78 bits per heavy atom. The minimum absolute atomic E-state index is 0.179. The smallest absolute Gasteiger partial charge is 0.263 e. The molecule has 184 valence electrons. The second kappa shape index (κ2) is 9.44. The van der Waals surface area contributed by atoms with Crippen LogP contribution in [0.15, 0.2) is 125 Å². The van der Waals surface area contributed by atoms with Gasteiger partial charge in [0.25, 0.3) is 20.0 Å². The minimum Gasteiger partial charge on any atom is -0.263 e. The molecule has 4 aromatic rings. The summed E-state index contributed by atoms with van der Waals surface area (Å²) >= 11 is 0. The maximum atomic E-state index is 14.0. The Hall–Kier alpha value is -3.62. The molecular formula is C28H26N2O4S2. The van der Waals surface area contributed by atoms with Gasteiger partial charge in [-0.05, 0) is 55.8 Å². The van der Waals surface area contributed by atoms with E-state index >= 15 is 0 Å². The maximum absolute atomic E-state index is 14.0. The fourth-order valence-electron chi connectivity index (χ4n) is 4.81. The number of para-hydroxylation sites is 2. The lowest BCUT2D eigenvalue weighted by molar-refractivity contribution is 0.511. The van der Waals surface area contributed by atoms with Crippen LogP contribution in [0.4, 0.5) is 11.4 Å². The van der Waals surface area contributed by atoms with Gasteiger partial charge in [0.15, 0.2) is 0 Å². The van der Waals surface area contributed by atoms with Crippen molar-refractivity contribution < 1.29 is 16.8 Å². The highest BCUT2D eigenvalue weighted by Gasteiger charge is 2.43. The lowest BCUT2D eigenvalue weighted by Gasteiger charge is -2.43. The van der Waals surface area contributed by atoms with E-state index in [4.69, 9.17) is 0 Å². The highest BCUT2D eigenvalue weighted by Crippen LogP contribution is 2.46. The fourth-order valence-corrected chi connectivity index (χ4v) is 8.19. The predicted octanol–water partition coefficient (Wildman–Crippen LogP) is 5.61. The SMILES string of the molecule is C[C@H]1C[C@H](N(c2ccccc2)S(=O)(=O)c2ccccc2)c2ccccc2N1S(=O)(=O)c1ccccc1. The molecule has 0 N–H and O–H groups in total. The molecule has 0 saturated carbocycles. The number of nitrogens with zero attached hydrogens (tertiary/aromatic N) is 2. The third-order valence-corrected chi connectivity index (χ3v) is 10.2. The molecule has 8 heteroatoms. The van der Waals surface area contributed by atoms with Crippen molar-refractivity contribution in [2.24, 2.45) is 0 Å². The van der Waals surface area contributed by atoms with Gasteiger partial charge in [-0.15, -0.1) is 0 Å². The van der Waals surface area contributed by atoms with Crippen molar-refractivity contribution in [2.45, 2.75) is 35.2 Å². The van der Waals surface area contributed by atoms with Crippen molar-refractivity contribution in [3.05, 3.63) is 121 Å². The molecule has 5 rings (SSSR count). The molecule has 1 aliphatic rings. The second-order valence-corrected chi connectivity index (χ2v) is 12.4. The van der Waals surface area contributed by atoms with E-state index in [-0.39, 0.29) is 16.2 Å². The van der Waals surface area contributed by atoms with E-state index in [0.29, 0.717) is 16.9 Å². The minimum atomic E-state index is -3.96. The summed E-state index contributed by atoms with van der Waals surface area (Å²) in [4.78, 5) is 0.375. The third kappa shape index (κ3) is 4.16. The van der Waals surface area contributed by atoms with Crippen LogP contribution in [0, 0.1) is 0 Å². The molecule has 0 fully saturated rings. The zero-order valence-electron chi connectivity index (χ0n) is 19.7. The van der Waals surface area contributed by atoms with E-state index in [1.807, 2.05) is 25.1 Å². The van der Waals surface area contributed by atoms with Gasteiger partial charge in [-0.25, -0.2) is 16.8 Å². The molecule has 0 aromatic heterocycles. The van der Waals surface area contributed by atoms with Crippen molar-refractivity contribution in [3.63, 3.8) is 0 Å². The first-order chi connectivity index (χ1) is 17.3. The van der Waals surface area contributed by atoms with Gasteiger partial charge in [0.05, 0.1) is 27.2 Å². The van der Waals surface area contributed by atoms with Crippen LogP contribution in [0.5, 0.6) is 0 Å². The fraction of sp³-hybridized carbons (Fsp3) is 0.143. The van der Waals surface area contributed by atoms with Crippen LogP contribution in [0.25, 0.3) is 0 Å². The number of benzene rings is 4. The lowest BCUT2D eigenvalue weighted by atomic mass is 9.93. The molecule has 0 bridgehead atoms. The van der Waals surface area contributed by atoms with Crippen molar-refractivity contribution in [1.82, 2.24) is 0 Å². The number of sulfonamides is 2. The van der Waals surface area contributed by atoms with E-state index in [2.05, 4.69) is 0 Å². The Labute approximate surface area is 212 Å². The van der Waals surface area contributed by atoms with Gasteiger partial charge in [0.1, 0.15) is 0 Å². The van der Waals surface area contributed by atoms with Crippen LogP contribution in [0.3, 0.4) is 0 Å². The predicted molar refractivity (Wildman–Crippen MR) is 142 cm³/mol. The molecule has 6 nitrogen and oxygen atoms in total. The molecule has 0 unspecified atom stereocenters. The molecule has 0 radical (unpaired) electrons. The number of rotatable bonds is 6. The van der Waals surface area contributed by atoms with Gasteiger partial charge in [-0.3, -0.25) is 8.61 Å². The Balaban J connectivity index is 1.69. The summed E-state index contributed by atoms with van der Waals surface area (Å²) in [6.07, 6.45) is 0.282. The van der Waals surface area contributed by atoms with Gasteiger partial charge >= 0.3 is 0 Å². The van der Waals surface area contributed by atoms with E-state index in [9.17, 15) is 16.8 Å². The Kier molecular flexibility index (Phi) is 6.32. The average molecular weight is 519 g/mol. The van der Waals surface area contributed by atoms with Crippen molar-refractivity contribution in [3.8, 4) is 0 Å². The molecule has 1 aliphatic heterocycles. The van der Waals surface area contributed by atoms with Gasteiger partial charge in [0, 0.05) is 11.6 Å². The zero-order chi connectivity index (χ0) is 25.3. The van der Waals surface area contributed by atoms with E-state index in [1.165, 1.54) is 8.61 Å². The van der Waals surface area contributed by atoms with Crippen LogP contribution in [-0.2, 0) is 20.0 Å². The largest absolute Gasteiger partial charge is 0.264 e. The number of hydrogen-bond donors (Lipinski definition) is 0. The summed E-state index contributed by atoms with van der Waals surface area (Å²) in [5, 5.41) is 0. The molecule has 0 saturated heterocycles. The molecule has 0 amide bonds. The van der Waals surface area contributed by atoms with Crippen molar-refractivity contribution >= 4 is 31.4 Å². The Bertz CT molecular complexity index is 1560. The third-order valence-electron chi connectivity index (χ3n) is 6.39. The second-order valence-electron chi connectivity index (χ2n) is 8.72. The summed E-state index contributed by atoms with van der Waals surface area (Å²) in [5.74, 6) is 0. The molecule has 2 atom stereocenters. The first-order valence-electron chi connectivity index (χ1n) is 11.6. The Morgan fingerprint density at radius 1 is 0.667 bits per heavy atom. The number of anilines is 2. The standard InChI is InChI=1S/C28H26N2O4S2/c1-22-21-28(30(23-13-5-2-6-14-23)36(33,34)25-17-9-4-10-18-25)26-19-11-12-20-27(26)29(22)35(31,32)24-15-7-3-8-16-24/h2-20,22,28H,21H2,1H3/t22-,28-/m0/s1. The molecular weight excluding hydrogens is 492 g/mol. The van der Waals surface area contributed by atoms with Crippen LogP contribution < -0.4 is 8.61 Å². The van der Waals surface area contributed by atoms with Gasteiger partial charge in [-0.1, -0.05) is 72.8 Å². The monoisotopic (exact) mass is 518 g/mol. The first kappa shape index (κ1) is 24.1. The summed E-state index contributed by atoms with van der Waals surface area (Å²) < 4.78 is 58.4. The molecule has 0 spiro atoms. The van der Waals surface area contributed by atoms with Crippen LogP contribution >= 0.6 is 0 Å². The lowest BCUT2D eigenvalue weighted by Crippen LogP contribution is -2.47. The topological polar surface area (TPSA) is 74.8 Å². The van der Waals surface area contributed by atoms with E-state index in [0.717, 1.165) is 0 Å². The quantitative estimate of drug-likeness (QED) is 0.333. The van der Waals surface area contributed by atoms with Gasteiger partial charge in [-0.2, -0.15) is 0 Å². The first-order valence-corrected chi connectivity index (χ1v) is 14.5. The van der Waals surface area contributed by atoms with Gasteiger partial charge < -0.3 is 0 Å². The zero-order valence-corrected chi connectivity index (χ0v) is 21.3.